The zero-order valence-corrected chi connectivity index (χ0v) is 14.7. The molecule has 8 nitrogen and oxygen atoms in total. The molecule has 0 fully saturated rings. The average Bonchev–Trinajstić information content (AvgIpc) is 2.97. The van der Waals surface area contributed by atoms with Crippen molar-refractivity contribution in [1.82, 2.24) is 24.7 Å². The first-order chi connectivity index (χ1) is 13.0. The van der Waals surface area contributed by atoms with Gasteiger partial charge in [-0.25, -0.2) is 15.0 Å². The van der Waals surface area contributed by atoms with E-state index < -0.39 is 0 Å². The van der Waals surface area contributed by atoms with Gasteiger partial charge in [-0.1, -0.05) is 6.07 Å². The maximum absolute atomic E-state index is 12.3. The van der Waals surface area contributed by atoms with Gasteiger partial charge >= 0.3 is 0 Å². The molecule has 3 aromatic heterocycles. The Balaban J connectivity index is 1.81. The van der Waals surface area contributed by atoms with Gasteiger partial charge in [0.05, 0.1) is 28.2 Å². The van der Waals surface area contributed by atoms with E-state index in [1.807, 2.05) is 26.0 Å². The molecule has 3 heterocycles. The zero-order valence-electron chi connectivity index (χ0n) is 14.7. The summed E-state index contributed by atoms with van der Waals surface area (Å²) < 4.78 is 1.64. The Labute approximate surface area is 154 Å². The van der Waals surface area contributed by atoms with E-state index in [-0.39, 0.29) is 5.56 Å². The molecule has 1 aromatic carbocycles. The second-order valence-corrected chi connectivity index (χ2v) is 6.09. The highest BCUT2D eigenvalue weighted by Crippen LogP contribution is 2.20. The first kappa shape index (κ1) is 16.5. The maximum Gasteiger partial charge on any atom is 0.273 e. The van der Waals surface area contributed by atoms with Gasteiger partial charge in [-0.3, -0.25) is 14.6 Å². The number of anilines is 2. The number of nitriles is 1. The molecule has 0 atom stereocenters. The van der Waals surface area contributed by atoms with Crippen LogP contribution in [0.25, 0.3) is 16.6 Å². The monoisotopic (exact) mass is 357 g/mol. The van der Waals surface area contributed by atoms with E-state index in [4.69, 9.17) is 5.26 Å². The molecular formula is C19H15N7O. The van der Waals surface area contributed by atoms with Crippen LogP contribution in [-0.4, -0.2) is 24.7 Å². The number of aromatic amines is 1. The highest BCUT2D eigenvalue weighted by atomic mass is 16.1. The number of hydrogen-bond donors (Lipinski definition) is 2. The molecule has 27 heavy (non-hydrogen) atoms. The third-order valence-electron chi connectivity index (χ3n) is 4.04. The molecule has 0 radical (unpaired) electrons. The summed E-state index contributed by atoms with van der Waals surface area (Å²) in [6, 6.07) is 12.7. The molecule has 0 spiro atoms. The first-order valence-electron chi connectivity index (χ1n) is 8.24. The van der Waals surface area contributed by atoms with Crippen molar-refractivity contribution in [3.05, 3.63) is 70.0 Å². The predicted molar refractivity (Wildman–Crippen MR) is 101 cm³/mol. The van der Waals surface area contributed by atoms with Gasteiger partial charge in [0.15, 0.2) is 0 Å². The number of rotatable bonds is 3. The number of aryl methyl sites for hydroxylation is 2. The molecular weight excluding hydrogens is 342 g/mol. The van der Waals surface area contributed by atoms with Gasteiger partial charge in [0.25, 0.3) is 5.56 Å². The Morgan fingerprint density at radius 3 is 2.78 bits per heavy atom. The van der Waals surface area contributed by atoms with E-state index in [9.17, 15) is 4.79 Å². The smallest absolute Gasteiger partial charge is 0.273 e. The minimum Gasteiger partial charge on any atom is -0.325 e. The van der Waals surface area contributed by atoms with Gasteiger partial charge in [0, 0.05) is 24.0 Å². The van der Waals surface area contributed by atoms with Crippen LogP contribution in [-0.2, 0) is 0 Å². The van der Waals surface area contributed by atoms with Crippen LogP contribution in [0.1, 0.15) is 17.1 Å². The lowest BCUT2D eigenvalue weighted by molar-refractivity contribution is 0.890. The Hall–Kier alpha value is -3.99. The van der Waals surface area contributed by atoms with Gasteiger partial charge in [-0.15, -0.1) is 0 Å². The third-order valence-corrected chi connectivity index (χ3v) is 4.04. The number of H-pyrrole nitrogens is 1. The zero-order chi connectivity index (χ0) is 19.0. The van der Waals surface area contributed by atoms with E-state index in [0.717, 1.165) is 5.69 Å². The van der Waals surface area contributed by atoms with Crippen LogP contribution in [0.4, 0.5) is 11.6 Å². The van der Waals surface area contributed by atoms with Gasteiger partial charge in [-0.2, -0.15) is 5.26 Å². The summed E-state index contributed by atoms with van der Waals surface area (Å²) in [7, 11) is 0. The van der Waals surface area contributed by atoms with Gasteiger partial charge in [0.1, 0.15) is 17.5 Å². The lowest BCUT2D eigenvalue weighted by Crippen LogP contribution is -2.03. The Morgan fingerprint density at radius 2 is 2.00 bits per heavy atom. The highest BCUT2D eigenvalue weighted by Gasteiger charge is 2.11. The summed E-state index contributed by atoms with van der Waals surface area (Å²) in [4.78, 5) is 25.2. The minimum atomic E-state index is -0.250. The van der Waals surface area contributed by atoms with Crippen molar-refractivity contribution in [2.24, 2.45) is 0 Å². The minimum absolute atomic E-state index is 0.250. The van der Waals surface area contributed by atoms with Crippen LogP contribution in [0.5, 0.6) is 0 Å². The fraction of sp³-hybridized carbons (Fsp3) is 0.105. The molecule has 132 valence electrons. The first-order valence-corrected chi connectivity index (χ1v) is 8.24. The van der Waals surface area contributed by atoms with Crippen molar-refractivity contribution in [3.8, 4) is 11.8 Å². The number of benzene rings is 1. The molecule has 0 saturated carbocycles. The Kier molecular flexibility index (Phi) is 3.90. The fourth-order valence-corrected chi connectivity index (χ4v) is 2.93. The topological polar surface area (TPSA) is 112 Å². The van der Waals surface area contributed by atoms with Crippen molar-refractivity contribution in [2.75, 3.05) is 5.32 Å². The largest absolute Gasteiger partial charge is 0.325 e. The van der Waals surface area contributed by atoms with E-state index >= 15 is 0 Å². The van der Waals surface area contributed by atoms with Crippen molar-refractivity contribution < 1.29 is 0 Å². The molecule has 0 aliphatic heterocycles. The second kappa shape index (κ2) is 6.38. The van der Waals surface area contributed by atoms with Crippen LogP contribution in [0.15, 0.2) is 47.4 Å². The second-order valence-electron chi connectivity index (χ2n) is 6.09. The molecule has 2 N–H and O–H groups in total. The van der Waals surface area contributed by atoms with Crippen LogP contribution < -0.4 is 10.9 Å². The van der Waals surface area contributed by atoms with Gasteiger partial charge in [0.2, 0.25) is 0 Å². The summed E-state index contributed by atoms with van der Waals surface area (Å²) in [5, 5.41) is 15.5. The quantitative estimate of drug-likeness (QED) is 0.583. The normalized spacial score (nSPS) is 10.7. The average molecular weight is 357 g/mol. The van der Waals surface area contributed by atoms with E-state index in [2.05, 4.69) is 31.4 Å². The van der Waals surface area contributed by atoms with Gasteiger partial charge in [-0.05, 0) is 32.0 Å². The Bertz CT molecular complexity index is 1240. The predicted octanol–water partition coefficient (Wildman–Crippen LogP) is 2.74. The third kappa shape index (κ3) is 3.14. The van der Waals surface area contributed by atoms with Crippen LogP contribution in [0, 0.1) is 25.2 Å². The van der Waals surface area contributed by atoms with Crippen molar-refractivity contribution in [1.29, 1.82) is 5.26 Å². The van der Waals surface area contributed by atoms with E-state index in [1.54, 1.807) is 28.9 Å². The number of pyridine rings is 1. The number of fused-ring (bicyclic) bond motifs is 1. The number of nitrogens with zero attached hydrogens (tertiary/aromatic N) is 5. The lowest BCUT2D eigenvalue weighted by Gasteiger charge is -2.08. The summed E-state index contributed by atoms with van der Waals surface area (Å²) in [5.41, 5.74) is 2.44. The summed E-state index contributed by atoms with van der Waals surface area (Å²) in [6.45, 7) is 3.71. The molecule has 8 heteroatoms. The molecule has 0 saturated heterocycles. The molecule has 4 aromatic rings. The number of hydrogen-bond acceptors (Lipinski definition) is 6. The maximum atomic E-state index is 12.3. The SMILES string of the molecule is Cc1cc(Nc2cc3c(cn2)c(=O)[nH]n3-c2cccc(C#N)c2)nc(C)n1. The molecule has 0 aliphatic rings. The molecule has 0 bridgehead atoms. The summed E-state index contributed by atoms with van der Waals surface area (Å²) in [6.07, 6.45) is 1.52. The summed E-state index contributed by atoms with van der Waals surface area (Å²) >= 11 is 0. The van der Waals surface area contributed by atoms with Crippen molar-refractivity contribution in [2.45, 2.75) is 13.8 Å². The Morgan fingerprint density at radius 1 is 1.15 bits per heavy atom. The lowest BCUT2D eigenvalue weighted by atomic mass is 10.2. The summed E-state index contributed by atoms with van der Waals surface area (Å²) in [5.74, 6) is 1.83. The van der Waals surface area contributed by atoms with Crippen LogP contribution >= 0.6 is 0 Å². The van der Waals surface area contributed by atoms with Crippen LogP contribution in [0.2, 0.25) is 0 Å². The highest BCUT2D eigenvalue weighted by molar-refractivity contribution is 5.82. The van der Waals surface area contributed by atoms with Crippen LogP contribution in [0.3, 0.4) is 0 Å². The van der Waals surface area contributed by atoms with Gasteiger partial charge < -0.3 is 5.32 Å². The molecule has 0 unspecified atom stereocenters. The fourth-order valence-electron chi connectivity index (χ4n) is 2.93. The number of aromatic nitrogens is 5. The van der Waals surface area contributed by atoms with E-state index in [1.165, 1.54) is 6.20 Å². The van der Waals surface area contributed by atoms with Crippen molar-refractivity contribution in [3.63, 3.8) is 0 Å². The number of nitrogens with one attached hydrogen (secondary N) is 2. The molecule has 0 aliphatic carbocycles. The molecule has 0 amide bonds. The molecule has 4 rings (SSSR count). The van der Waals surface area contributed by atoms with E-state index in [0.29, 0.717) is 39.6 Å². The standard InChI is InChI=1S/C19H15N7O/c1-11-6-18(23-12(2)22-11)24-17-8-16-15(10-21-17)19(27)25-26(16)14-5-3-4-13(7-14)9-20/h3-8,10H,1-2H3,(H,25,27)(H,21,22,23,24). The van der Waals surface area contributed by atoms with Crippen molar-refractivity contribution >= 4 is 22.5 Å².